The van der Waals surface area contributed by atoms with Gasteiger partial charge < -0.3 is 19.5 Å². The number of amides is 1. The van der Waals surface area contributed by atoms with Crippen molar-refractivity contribution in [3.8, 4) is 0 Å². The van der Waals surface area contributed by atoms with Gasteiger partial charge >= 0.3 is 12.1 Å². The van der Waals surface area contributed by atoms with E-state index in [0.717, 1.165) is 11.1 Å². The van der Waals surface area contributed by atoms with Crippen LogP contribution in [0.3, 0.4) is 0 Å². The van der Waals surface area contributed by atoms with Gasteiger partial charge in [-0.2, -0.15) is 0 Å². The first-order valence-corrected chi connectivity index (χ1v) is 8.17. The molecule has 6 heteroatoms. The zero-order chi connectivity index (χ0) is 18.7. The molecule has 0 saturated carbocycles. The summed E-state index contributed by atoms with van der Waals surface area (Å²) in [6, 6.07) is 9.53. The number of hydrogen-bond acceptors (Lipinski definition) is 5. The van der Waals surface area contributed by atoms with Crippen LogP contribution in [0.15, 0.2) is 42.0 Å². The Labute approximate surface area is 149 Å². The number of hydrogen-bond donors (Lipinski definition) is 1. The van der Waals surface area contributed by atoms with Crippen LogP contribution in [0.25, 0.3) is 0 Å². The van der Waals surface area contributed by atoms with Gasteiger partial charge in [0.1, 0.15) is 0 Å². The minimum Gasteiger partial charge on any atom is -0.469 e. The summed E-state index contributed by atoms with van der Waals surface area (Å²) in [7, 11) is 2.68. The highest BCUT2D eigenvalue weighted by molar-refractivity contribution is 5.71. The molecule has 0 aliphatic carbocycles. The molecule has 0 aliphatic rings. The second kappa shape index (κ2) is 11.3. The summed E-state index contributed by atoms with van der Waals surface area (Å²) in [6.45, 7) is 4.67. The van der Waals surface area contributed by atoms with E-state index in [4.69, 9.17) is 9.47 Å². The number of nitrogens with one attached hydrogen (secondary N) is 1. The molecule has 6 nitrogen and oxygen atoms in total. The maximum absolute atomic E-state index is 11.6. The van der Waals surface area contributed by atoms with Crippen molar-refractivity contribution in [1.82, 2.24) is 5.32 Å². The number of alkyl carbamates (subject to hydrolysis) is 1. The third-order valence-electron chi connectivity index (χ3n) is 4.04. The number of carbonyl (C=O) groups is 2. The summed E-state index contributed by atoms with van der Waals surface area (Å²) in [5.41, 5.74) is 2.03. The zero-order valence-corrected chi connectivity index (χ0v) is 15.3. The van der Waals surface area contributed by atoms with Gasteiger partial charge in [-0.05, 0) is 18.4 Å². The molecule has 138 valence electrons. The van der Waals surface area contributed by atoms with Crippen LogP contribution >= 0.6 is 0 Å². The topological polar surface area (TPSA) is 73.9 Å². The second-order valence-electron chi connectivity index (χ2n) is 5.76. The third kappa shape index (κ3) is 7.85. The predicted octanol–water partition coefficient (Wildman–Crippen LogP) is 3.07. The van der Waals surface area contributed by atoms with E-state index in [1.165, 1.54) is 14.2 Å². The van der Waals surface area contributed by atoms with E-state index in [9.17, 15) is 9.59 Å². The highest BCUT2D eigenvalue weighted by Crippen LogP contribution is 2.17. The summed E-state index contributed by atoms with van der Waals surface area (Å²) in [5.74, 6) is -0.330. The minimum absolute atomic E-state index is 0.0282. The van der Waals surface area contributed by atoms with Crippen molar-refractivity contribution in [2.24, 2.45) is 5.92 Å². The standard InChI is InChI=1S/C19H27NO5/c1-14(10-11-18(21)23-3)15(2)17(20-19(22)24-4)13-25-12-16-8-6-5-7-9-16/h5-10,15,17H,11-13H2,1-4H3,(H,20,22)/b14-10-/t15-,17-/m0/s1. The molecule has 0 radical (unpaired) electrons. The van der Waals surface area contributed by atoms with Crippen LogP contribution in [-0.2, 0) is 25.6 Å². The Hall–Kier alpha value is -2.34. The summed E-state index contributed by atoms with van der Waals surface area (Å²) in [4.78, 5) is 22.9. The number of esters is 1. The van der Waals surface area contributed by atoms with Gasteiger partial charge in [-0.15, -0.1) is 0 Å². The van der Waals surface area contributed by atoms with Gasteiger partial charge in [-0.25, -0.2) is 4.79 Å². The van der Waals surface area contributed by atoms with Crippen molar-refractivity contribution in [2.75, 3.05) is 20.8 Å². The summed E-state index contributed by atoms with van der Waals surface area (Å²) in [5, 5.41) is 2.79. The fraction of sp³-hybridized carbons (Fsp3) is 0.474. The lowest BCUT2D eigenvalue weighted by Crippen LogP contribution is -2.43. The van der Waals surface area contributed by atoms with E-state index in [1.807, 2.05) is 44.2 Å². The monoisotopic (exact) mass is 349 g/mol. The highest BCUT2D eigenvalue weighted by atomic mass is 16.5. The van der Waals surface area contributed by atoms with Crippen LogP contribution in [0.5, 0.6) is 0 Å². The molecule has 0 bridgehead atoms. The van der Waals surface area contributed by atoms with Crippen molar-refractivity contribution in [3.05, 3.63) is 47.5 Å². The second-order valence-corrected chi connectivity index (χ2v) is 5.76. The van der Waals surface area contributed by atoms with Crippen LogP contribution in [0, 0.1) is 5.92 Å². The summed E-state index contributed by atoms with van der Waals surface area (Å²) < 4.78 is 15.1. The molecule has 1 amide bonds. The Bertz CT molecular complexity index is 570. The predicted molar refractivity (Wildman–Crippen MR) is 95.0 cm³/mol. The molecule has 1 aromatic carbocycles. The Morgan fingerprint density at radius 2 is 1.84 bits per heavy atom. The lowest BCUT2D eigenvalue weighted by Gasteiger charge is -2.25. The van der Waals surface area contributed by atoms with E-state index in [0.29, 0.717) is 13.2 Å². The van der Waals surface area contributed by atoms with E-state index < -0.39 is 6.09 Å². The third-order valence-corrected chi connectivity index (χ3v) is 4.04. The van der Waals surface area contributed by atoms with Crippen molar-refractivity contribution in [1.29, 1.82) is 0 Å². The molecule has 25 heavy (non-hydrogen) atoms. The fourth-order valence-electron chi connectivity index (χ4n) is 2.23. The van der Waals surface area contributed by atoms with E-state index >= 15 is 0 Å². The summed E-state index contributed by atoms with van der Waals surface area (Å²) in [6.07, 6.45) is 1.49. The molecule has 0 fully saturated rings. The first-order valence-electron chi connectivity index (χ1n) is 8.17. The van der Waals surface area contributed by atoms with Gasteiger partial charge in [0.2, 0.25) is 0 Å². The largest absolute Gasteiger partial charge is 0.469 e. The van der Waals surface area contributed by atoms with Crippen molar-refractivity contribution in [2.45, 2.75) is 32.9 Å². The highest BCUT2D eigenvalue weighted by Gasteiger charge is 2.21. The van der Waals surface area contributed by atoms with E-state index in [1.54, 1.807) is 6.08 Å². The van der Waals surface area contributed by atoms with Crippen molar-refractivity contribution in [3.63, 3.8) is 0 Å². The Morgan fingerprint density at radius 1 is 1.16 bits per heavy atom. The quantitative estimate of drug-likeness (QED) is 0.548. The fourth-order valence-corrected chi connectivity index (χ4v) is 2.23. The maximum atomic E-state index is 11.6. The van der Waals surface area contributed by atoms with Crippen molar-refractivity contribution >= 4 is 12.1 Å². The Morgan fingerprint density at radius 3 is 2.44 bits per heavy atom. The molecule has 2 atom stereocenters. The van der Waals surface area contributed by atoms with Crippen LogP contribution in [-0.4, -0.2) is 38.9 Å². The SMILES string of the molecule is COC(=O)C/C=C(/C)[C@H](C)[C@H](COCc1ccccc1)NC(=O)OC. The molecule has 0 heterocycles. The molecule has 0 saturated heterocycles. The smallest absolute Gasteiger partial charge is 0.407 e. The molecule has 1 rings (SSSR count). The van der Waals surface area contributed by atoms with Crippen LogP contribution in [0.2, 0.25) is 0 Å². The molecule has 0 unspecified atom stereocenters. The average Bonchev–Trinajstić information content (AvgIpc) is 2.64. The van der Waals surface area contributed by atoms with Crippen LogP contribution < -0.4 is 5.32 Å². The van der Waals surface area contributed by atoms with Crippen LogP contribution in [0.1, 0.15) is 25.8 Å². The van der Waals surface area contributed by atoms with Gasteiger partial charge in [0, 0.05) is 0 Å². The summed E-state index contributed by atoms with van der Waals surface area (Å²) >= 11 is 0. The molecular weight excluding hydrogens is 322 g/mol. The number of methoxy groups -OCH3 is 2. The van der Waals surface area contributed by atoms with Crippen LogP contribution in [0.4, 0.5) is 4.79 Å². The molecule has 0 spiro atoms. The van der Waals surface area contributed by atoms with E-state index in [-0.39, 0.29) is 24.3 Å². The molecule has 0 aliphatic heterocycles. The first-order chi connectivity index (χ1) is 12.0. The molecule has 1 N–H and O–H groups in total. The van der Waals surface area contributed by atoms with Gasteiger partial charge in [-0.1, -0.05) is 48.9 Å². The normalized spacial score (nSPS) is 13.7. The number of carbonyl (C=O) groups excluding carboxylic acids is 2. The van der Waals surface area contributed by atoms with Gasteiger partial charge in [0.25, 0.3) is 0 Å². The maximum Gasteiger partial charge on any atom is 0.407 e. The molecular formula is C19H27NO5. The Kier molecular flexibility index (Phi) is 9.32. The Balaban J connectivity index is 2.67. The first kappa shape index (κ1) is 20.7. The minimum atomic E-state index is -0.513. The lowest BCUT2D eigenvalue weighted by atomic mass is 9.94. The van der Waals surface area contributed by atoms with Crippen molar-refractivity contribution < 1.29 is 23.8 Å². The number of ether oxygens (including phenoxy) is 3. The lowest BCUT2D eigenvalue weighted by molar-refractivity contribution is -0.139. The zero-order valence-electron chi connectivity index (χ0n) is 15.3. The molecule has 0 aromatic heterocycles. The number of rotatable bonds is 9. The van der Waals surface area contributed by atoms with E-state index in [2.05, 4.69) is 10.1 Å². The average molecular weight is 349 g/mol. The molecule has 1 aromatic rings. The number of benzene rings is 1. The van der Waals surface area contributed by atoms with Gasteiger partial charge in [0.15, 0.2) is 0 Å². The van der Waals surface area contributed by atoms with Gasteiger partial charge in [0.05, 0.1) is 39.9 Å². The van der Waals surface area contributed by atoms with Gasteiger partial charge in [-0.3, -0.25) is 4.79 Å².